The maximum atomic E-state index is 12.9. The van der Waals surface area contributed by atoms with Crippen molar-refractivity contribution in [2.75, 3.05) is 19.7 Å². The maximum absolute atomic E-state index is 12.9. The number of hydrogen-bond acceptors (Lipinski definition) is 4. The molecule has 0 bridgehead atoms. The van der Waals surface area contributed by atoms with Crippen LogP contribution in [0.2, 0.25) is 0 Å². The molecule has 1 aromatic heterocycles. The van der Waals surface area contributed by atoms with Crippen molar-refractivity contribution in [3.8, 4) is 6.01 Å². The molecule has 3 fully saturated rings. The molecule has 4 rings (SSSR count). The first-order chi connectivity index (χ1) is 11.4. The molecule has 3 atom stereocenters. The van der Waals surface area contributed by atoms with Gasteiger partial charge in [-0.1, -0.05) is 20.3 Å². The molecule has 0 aromatic carbocycles. The van der Waals surface area contributed by atoms with E-state index in [-0.39, 0.29) is 22.8 Å². The van der Waals surface area contributed by atoms with Crippen molar-refractivity contribution in [2.45, 2.75) is 39.5 Å². The molecule has 0 N–H and O–H groups in total. The molecular formula is C18H24FN3O2. The summed E-state index contributed by atoms with van der Waals surface area (Å²) in [6.07, 6.45) is 6.62. The van der Waals surface area contributed by atoms with Crippen LogP contribution in [0.25, 0.3) is 0 Å². The molecule has 0 spiro atoms. The van der Waals surface area contributed by atoms with E-state index in [1.165, 1.54) is 6.42 Å². The molecular weight excluding hydrogens is 309 g/mol. The van der Waals surface area contributed by atoms with Crippen LogP contribution >= 0.6 is 0 Å². The number of rotatable bonds is 4. The van der Waals surface area contributed by atoms with Crippen LogP contribution in [0.3, 0.4) is 0 Å². The minimum Gasteiger partial charge on any atom is -0.463 e. The molecule has 0 radical (unpaired) electrons. The summed E-state index contributed by atoms with van der Waals surface area (Å²) in [5, 5.41) is 0. The SMILES string of the molecule is CC1(C)CC1C(=O)N1CC2CCCC2(COc2ncc(F)cn2)C1. The van der Waals surface area contributed by atoms with E-state index < -0.39 is 5.82 Å². The van der Waals surface area contributed by atoms with Crippen molar-refractivity contribution in [3.63, 3.8) is 0 Å². The number of nitrogens with zero attached hydrogens (tertiary/aromatic N) is 3. The topological polar surface area (TPSA) is 55.3 Å². The van der Waals surface area contributed by atoms with Crippen molar-refractivity contribution in [1.29, 1.82) is 0 Å². The zero-order valence-electron chi connectivity index (χ0n) is 14.3. The first kappa shape index (κ1) is 15.8. The molecule has 2 aliphatic carbocycles. The average Bonchev–Trinajstić information content (AvgIpc) is 2.88. The van der Waals surface area contributed by atoms with E-state index in [4.69, 9.17) is 4.74 Å². The Morgan fingerprint density at radius 3 is 2.79 bits per heavy atom. The maximum Gasteiger partial charge on any atom is 0.316 e. The minimum absolute atomic E-state index is 0.00639. The summed E-state index contributed by atoms with van der Waals surface area (Å²) in [5.74, 6) is 0.522. The zero-order valence-corrected chi connectivity index (χ0v) is 14.3. The fraction of sp³-hybridized carbons (Fsp3) is 0.722. The first-order valence-corrected chi connectivity index (χ1v) is 8.79. The molecule has 24 heavy (non-hydrogen) atoms. The predicted octanol–water partition coefficient (Wildman–Crippen LogP) is 2.67. The lowest BCUT2D eigenvalue weighted by Gasteiger charge is -2.28. The number of halogens is 1. The second-order valence-corrected chi connectivity index (χ2v) is 8.39. The van der Waals surface area contributed by atoms with Gasteiger partial charge in [0, 0.05) is 24.4 Å². The van der Waals surface area contributed by atoms with Crippen molar-refractivity contribution in [1.82, 2.24) is 14.9 Å². The minimum atomic E-state index is -0.469. The van der Waals surface area contributed by atoms with E-state index in [1.807, 2.05) is 0 Å². The number of fused-ring (bicyclic) bond motifs is 1. The molecule has 1 aliphatic heterocycles. The van der Waals surface area contributed by atoms with Crippen molar-refractivity contribution in [3.05, 3.63) is 18.2 Å². The van der Waals surface area contributed by atoms with Gasteiger partial charge in [0.2, 0.25) is 5.91 Å². The highest BCUT2D eigenvalue weighted by molar-refractivity contribution is 5.83. The van der Waals surface area contributed by atoms with E-state index in [9.17, 15) is 9.18 Å². The van der Waals surface area contributed by atoms with Gasteiger partial charge in [0.15, 0.2) is 5.82 Å². The van der Waals surface area contributed by atoms with Gasteiger partial charge < -0.3 is 9.64 Å². The zero-order chi connectivity index (χ0) is 16.9. The van der Waals surface area contributed by atoms with Gasteiger partial charge in [0.05, 0.1) is 19.0 Å². The molecule has 2 saturated carbocycles. The molecule has 3 aliphatic rings. The van der Waals surface area contributed by atoms with Gasteiger partial charge in [0.25, 0.3) is 0 Å². The van der Waals surface area contributed by atoms with Gasteiger partial charge in [0.1, 0.15) is 0 Å². The Bertz CT molecular complexity index is 648. The highest BCUT2D eigenvalue weighted by Gasteiger charge is 2.57. The summed E-state index contributed by atoms with van der Waals surface area (Å²) in [6.45, 7) is 6.44. The average molecular weight is 333 g/mol. The number of hydrogen-bond donors (Lipinski definition) is 0. The molecule has 6 heteroatoms. The number of amides is 1. The molecule has 1 aromatic rings. The normalized spacial score (nSPS) is 33.4. The molecule has 5 nitrogen and oxygen atoms in total. The summed E-state index contributed by atoms with van der Waals surface area (Å²) in [6, 6.07) is 0.213. The highest BCUT2D eigenvalue weighted by Crippen LogP contribution is 2.55. The number of carbonyl (C=O) groups excluding carboxylic acids is 1. The van der Waals surface area contributed by atoms with E-state index in [2.05, 4.69) is 28.7 Å². The molecule has 1 amide bonds. The second kappa shape index (κ2) is 5.39. The Morgan fingerprint density at radius 1 is 1.42 bits per heavy atom. The number of aromatic nitrogens is 2. The lowest BCUT2D eigenvalue weighted by molar-refractivity contribution is -0.132. The Kier molecular flexibility index (Phi) is 3.55. The van der Waals surface area contributed by atoms with Crippen LogP contribution < -0.4 is 4.74 Å². The third-order valence-corrected chi connectivity index (χ3v) is 6.25. The van der Waals surface area contributed by atoms with Gasteiger partial charge >= 0.3 is 6.01 Å². The fourth-order valence-corrected chi connectivity index (χ4v) is 4.51. The molecule has 2 heterocycles. The van der Waals surface area contributed by atoms with E-state index in [1.54, 1.807) is 0 Å². The van der Waals surface area contributed by atoms with Crippen molar-refractivity contribution in [2.24, 2.45) is 22.7 Å². The van der Waals surface area contributed by atoms with E-state index in [0.717, 1.165) is 44.7 Å². The Morgan fingerprint density at radius 2 is 2.12 bits per heavy atom. The number of ether oxygens (including phenoxy) is 1. The van der Waals surface area contributed by atoms with Crippen LogP contribution in [-0.2, 0) is 4.79 Å². The van der Waals surface area contributed by atoms with Crippen LogP contribution in [0, 0.1) is 28.5 Å². The van der Waals surface area contributed by atoms with Crippen molar-refractivity contribution < 1.29 is 13.9 Å². The lowest BCUT2D eigenvalue weighted by atomic mass is 9.82. The summed E-state index contributed by atoms with van der Waals surface area (Å²) < 4.78 is 18.7. The quantitative estimate of drug-likeness (QED) is 0.850. The van der Waals surface area contributed by atoms with E-state index >= 15 is 0 Å². The van der Waals surface area contributed by atoms with Crippen LogP contribution in [0.5, 0.6) is 6.01 Å². The van der Waals surface area contributed by atoms with Crippen LogP contribution in [0.15, 0.2) is 12.4 Å². The predicted molar refractivity (Wildman–Crippen MR) is 85.7 cm³/mol. The third-order valence-electron chi connectivity index (χ3n) is 6.25. The van der Waals surface area contributed by atoms with Crippen LogP contribution in [0.1, 0.15) is 39.5 Å². The third kappa shape index (κ3) is 2.66. The smallest absolute Gasteiger partial charge is 0.316 e. The molecule has 1 saturated heterocycles. The van der Waals surface area contributed by atoms with Gasteiger partial charge in [-0.05, 0) is 30.6 Å². The van der Waals surface area contributed by atoms with Crippen LogP contribution in [-0.4, -0.2) is 40.5 Å². The monoisotopic (exact) mass is 333 g/mol. The fourth-order valence-electron chi connectivity index (χ4n) is 4.51. The van der Waals surface area contributed by atoms with Gasteiger partial charge in [-0.15, -0.1) is 0 Å². The largest absolute Gasteiger partial charge is 0.463 e. The Balaban J connectivity index is 1.43. The Hall–Kier alpha value is -1.72. The molecule has 130 valence electrons. The lowest BCUT2D eigenvalue weighted by Crippen LogP contribution is -2.36. The summed E-state index contributed by atoms with van der Waals surface area (Å²) >= 11 is 0. The van der Waals surface area contributed by atoms with E-state index in [0.29, 0.717) is 18.4 Å². The molecule has 3 unspecified atom stereocenters. The van der Waals surface area contributed by atoms with Gasteiger partial charge in [-0.25, -0.2) is 14.4 Å². The van der Waals surface area contributed by atoms with Crippen LogP contribution in [0.4, 0.5) is 4.39 Å². The highest BCUT2D eigenvalue weighted by atomic mass is 19.1. The first-order valence-electron chi connectivity index (χ1n) is 8.79. The Labute approximate surface area is 141 Å². The number of likely N-dealkylation sites (tertiary alicyclic amines) is 1. The van der Waals surface area contributed by atoms with Crippen molar-refractivity contribution >= 4 is 5.91 Å². The van der Waals surface area contributed by atoms with Gasteiger partial charge in [-0.3, -0.25) is 4.79 Å². The number of carbonyl (C=O) groups is 1. The summed E-state index contributed by atoms with van der Waals surface area (Å²) in [4.78, 5) is 22.5. The standard InChI is InChI=1S/C18H24FN3O2/c1-17(2)6-14(17)15(23)22-9-12-4-3-5-18(12,10-22)11-24-16-20-7-13(19)8-21-16/h7-8,12,14H,3-6,9-11H2,1-2H3. The second-order valence-electron chi connectivity index (χ2n) is 8.39. The summed E-state index contributed by atoms with van der Waals surface area (Å²) in [5.41, 5.74) is 0.173. The summed E-state index contributed by atoms with van der Waals surface area (Å²) in [7, 11) is 0. The van der Waals surface area contributed by atoms with Gasteiger partial charge in [-0.2, -0.15) is 0 Å².